The third kappa shape index (κ3) is 4.31. The van der Waals surface area contributed by atoms with Gasteiger partial charge in [-0.25, -0.2) is 0 Å². The maximum Gasteiger partial charge on any atom is 0.308 e. The summed E-state index contributed by atoms with van der Waals surface area (Å²) in [4.78, 5) is 10.8. The molecule has 2 atom stereocenters. The van der Waals surface area contributed by atoms with Crippen molar-refractivity contribution in [3.63, 3.8) is 0 Å². The lowest BCUT2D eigenvalue weighted by Gasteiger charge is -2.10. The van der Waals surface area contributed by atoms with Crippen molar-refractivity contribution in [2.75, 3.05) is 13.7 Å². The van der Waals surface area contributed by atoms with E-state index in [-0.39, 0.29) is 18.5 Å². The van der Waals surface area contributed by atoms with E-state index in [0.29, 0.717) is 12.8 Å². The van der Waals surface area contributed by atoms with Crippen LogP contribution in [0.25, 0.3) is 0 Å². The van der Waals surface area contributed by atoms with Gasteiger partial charge >= 0.3 is 5.97 Å². The monoisotopic (exact) mass is 176 g/mol. The molecule has 0 amide bonds. The SMILES string of the molecule is COC(=O)C(C)CCC(O)CO. The van der Waals surface area contributed by atoms with Crippen molar-refractivity contribution in [2.45, 2.75) is 25.9 Å². The summed E-state index contributed by atoms with van der Waals surface area (Å²) in [6.45, 7) is 1.48. The Bertz CT molecular complexity index is 135. The number of esters is 1. The average Bonchev–Trinajstić information content (AvgIpc) is 2.11. The Morgan fingerprint density at radius 3 is 2.50 bits per heavy atom. The largest absolute Gasteiger partial charge is 0.469 e. The van der Waals surface area contributed by atoms with Gasteiger partial charge < -0.3 is 14.9 Å². The molecule has 0 aromatic carbocycles. The van der Waals surface area contributed by atoms with Crippen LogP contribution in [0.2, 0.25) is 0 Å². The number of rotatable bonds is 5. The van der Waals surface area contributed by atoms with Gasteiger partial charge in [-0.15, -0.1) is 0 Å². The summed E-state index contributed by atoms with van der Waals surface area (Å²) in [5.74, 6) is -0.490. The van der Waals surface area contributed by atoms with Crippen LogP contribution in [0.15, 0.2) is 0 Å². The zero-order valence-electron chi connectivity index (χ0n) is 7.49. The summed E-state index contributed by atoms with van der Waals surface area (Å²) in [6, 6.07) is 0. The number of carbonyl (C=O) groups excluding carboxylic acids is 1. The summed E-state index contributed by atoms with van der Waals surface area (Å²) in [5, 5.41) is 17.4. The van der Waals surface area contributed by atoms with E-state index in [9.17, 15) is 4.79 Å². The molecule has 0 aromatic heterocycles. The van der Waals surface area contributed by atoms with Crippen molar-refractivity contribution in [2.24, 2.45) is 5.92 Å². The normalized spacial score (nSPS) is 15.3. The number of hydrogen-bond acceptors (Lipinski definition) is 4. The molecule has 0 heterocycles. The molecule has 0 saturated heterocycles. The second-order valence-corrected chi connectivity index (χ2v) is 2.84. The molecular formula is C8H16O4. The lowest BCUT2D eigenvalue weighted by atomic mass is 10.0. The Kier molecular flexibility index (Phi) is 5.66. The molecule has 0 aliphatic carbocycles. The van der Waals surface area contributed by atoms with E-state index in [2.05, 4.69) is 4.74 Å². The van der Waals surface area contributed by atoms with Crippen LogP contribution >= 0.6 is 0 Å². The molecule has 4 heteroatoms. The number of ether oxygens (including phenoxy) is 1. The number of aliphatic hydroxyl groups is 2. The summed E-state index contributed by atoms with van der Waals surface area (Å²) < 4.78 is 4.49. The smallest absolute Gasteiger partial charge is 0.308 e. The molecule has 72 valence electrons. The van der Waals surface area contributed by atoms with Crippen molar-refractivity contribution < 1.29 is 19.7 Å². The lowest BCUT2D eigenvalue weighted by molar-refractivity contribution is -0.145. The Labute approximate surface area is 72.2 Å². The van der Waals surface area contributed by atoms with Crippen LogP contribution < -0.4 is 0 Å². The van der Waals surface area contributed by atoms with Crippen LogP contribution in [0.4, 0.5) is 0 Å². The second-order valence-electron chi connectivity index (χ2n) is 2.84. The first-order chi connectivity index (χ1) is 5.61. The summed E-state index contributed by atoms with van der Waals surface area (Å²) in [5.41, 5.74) is 0. The Hall–Kier alpha value is -0.610. The minimum atomic E-state index is -0.725. The lowest BCUT2D eigenvalue weighted by Crippen LogP contribution is -2.17. The highest BCUT2D eigenvalue weighted by Crippen LogP contribution is 2.09. The summed E-state index contributed by atoms with van der Waals surface area (Å²) in [7, 11) is 1.33. The van der Waals surface area contributed by atoms with Gasteiger partial charge in [-0.05, 0) is 12.8 Å². The fourth-order valence-corrected chi connectivity index (χ4v) is 0.853. The van der Waals surface area contributed by atoms with Crippen LogP contribution in [-0.2, 0) is 9.53 Å². The van der Waals surface area contributed by atoms with Crippen LogP contribution in [0.1, 0.15) is 19.8 Å². The van der Waals surface area contributed by atoms with E-state index >= 15 is 0 Å². The Morgan fingerprint density at radius 2 is 2.08 bits per heavy atom. The van der Waals surface area contributed by atoms with E-state index in [4.69, 9.17) is 10.2 Å². The average molecular weight is 176 g/mol. The highest BCUT2D eigenvalue weighted by atomic mass is 16.5. The van der Waals surface area contributed by atoms with E-state index in [1.54, 1.807) is 6.92 Å². The van der Waals surface area contributed by atoms with Crippen molar-refractivity contribution in [1.82, 2.24) is 0 Å². The van der Waals surface area contributed by atoms with Gasteiger partial charge in [0.25, 0.3) is 0 Å². The van der Waals surface area contributed by atoms with Gasteiger partial charge in [0.2, 0.25) is 0 Å². The maximum absolute atomic E-state index is 10.8. The predicted octanol–water partition coefficient (Wildman–Crippen LogP) is -0.0711. The van der Waals surface area contributed by atoms with Crippen LogP contribution in [0, 0.1) is 5.92 Å². The van der Waals surface area contributed by atoms with E-state index in [0.717, 1.165) is 0 Å². The fourth-order valence-electron chi connectivity index (χ4n) is 0.853. The van der Waals surface area contributed by atoms with Crippen LogP contribution in [0.5, 0.6) is 0 Å². The Morgan fingerprint density at radius 1 is 1.50 bits per heavy atom. The Balaban J connectivity index is 3.56. The minimum Gasteiger partial charge on any atom is -0.469 e. The second kappa shape index (κ2) is 5.97. The van der Waals surface area contributed by atoms with E-state index in [1.807, 2.05) is 0 Å². The molecule has 2 N–H and O–H groups in total. The molecule has 0 bridgehead atoms. The molecule has 0 aliphatic rings. The number of carbonyl (C=O) groups is 1. The van der Waals surface area contributed by atoms with Crippen LogP contribution in [0.3, 0.4) is 0 Å². The van der Waals surface area contributed by atoms with Crippen molar-refractivity contribution in [3.8, 4) is 0 Å². The molecule has 0 spiro atoms. The van der Waals surface area contributed by atoms with Crippen molar-refractivity contribution in [3.05, 3.63) is 0 Å². The molecule has 0 radical (unpaired) electrons. The predicted molar refractivity (Wildman–Crippen MR) is 43.5 cm³/mol. The van der Waals surface area contributed by atoms with E-state index in [1.165, 1.54) is 7.11 Å². The molecule has 0 rings (SSSR count). The maximum atomic E-state index is 10.8. The van der Waals surface area contributed by atoms with E-state index < -0.39 is 6.10 Å². The van der Waals surface area contributed by atoms with Gasteiger partial charge in [-0.2, -0.15) is 0 Å². The molecular weight excluding hydrogens is 160 g/mol. The molecule has 0 aliphatic heterocycles. The summed E-state index contributed by atoms with van der Waals surface area (Å²) >= 11 is 0. The van der Waals surface area contributed by atoms with Gasteiger partial charge in [0.15, 0.2) is 0 Å². The molecule has 4 nitrogen and oxygen atoms in total. The van der Waals surface area contributed by atoms with Gasteiger partial charge in [-0.3, -0.25) is 4.79 Å². The van der Waals surface area contributed by atoms with Gasteiger partial charge in [0, 0.05) is 0 Å². The first-order valence-corrected chi connectivity index (χ1v) is 3.98. The standard InChI is InChI=1S/C8H16O4/c1-6(8(11)12-2)3-4-7(10)5-9/h6-7,9-10H,3-5H2,1-2H3. The van der Waals surface area contributed by atoms with Gasteiger partial charge in [0.1, 0.15) is 0 Å². The van der Waals surface area contributed by atoms with Crippen molar-refractivity contribution >= 4 is 5.97 Å². The molecule has 0 saturated carbocycles. The third-order valence-electron chi connectivity index (χ3n) is 1.75. The molecule has 0 fully saturated rings. The van der Waals surface area contributed by atoms with Gasteiger partial charge in [0.05, 0.1) is 25.7 Å². The highest BCUT2D eigenvalue weighted by molar-refractivity contribution is 5.71. The molecule has 2 unspecified atom stereocenters. The minimum absolute atomic E-state index is 0.212. The highest BCUT2D eigenvalue weighted by Gasteiger charge is 2.14. The molecule has 12 heavy (non-hydrogen) atoms. The third-order valence-corrected chi connectivity index (χ3v) is 1.75. The van der Waals surface area contributed by atoms with Crippen LogP contribution in [-0.4, -0.2) is 36.0 Å². The number of aliphatic hydroxyl groups excluding tert-OH is 2. The first-order valence-electron chi connectivity index (χ1n) is 3.98. The topological polar surface area (TPSA) is 66.8 Å². The first kappa shape index (κ1) is 11.4. The number of hydrogen-bond donors (Lipinski definition) is 2. The van der Waals surface area contributed by atoms with Crippen molar-refractivity contribution in [1.29, 1.82) is 0 Å². The molecule has 0 aromatic rings. The fraction of sp³-hybridized carbons (Fsp3) is 0.875. The zero-order chi connectivity index (χ0) is 9.56. The quantitative estimate of drug-likeness (QED) is 0.575. The number of methoxy groups -OCH3 is 1. The summed E-state index contributed by atoms with van der Waals surface area (Å²) in [6.07, 6.45) is 0.235. The van der Waals surface area contributed by atoms with Gasteiger partial charge in [-0.1, -0.05) is 6.92 Å². The zero-order valence-corrected chi connectivity index (χ0v) is 7.49.